The van der Waals surface area contributed by atoms with Gasteiger partial charge in [0.1, 0.15) is 5.60 Å². The maximum absolute atomic E-state index is 12.1. The Morgan fingerprint density at radius 2 is 1.65 bits per heavy atom. The monoisotopic (exact) mass is 337 g/mol. The highest BCUT2D eigenvalue weighted by molar-refractivity contribution is 7.85. The predicted molar refractivity (Wildman–Crippen MR) is 88.4 cm³/mol. The van der Waals surface area contributed by atoms with Gasteiger partial charge in [0.2, 0.25) is 0 Å². The lowest BCUT2D eigenvalue weighted by Gasteiger charge is -2.24. The highest BCUT2D eigenvalue weighted by Gasteiger charge is 2.20. The molecule has 2 aromatic carbocycles. The maximum atomic E-state index is 12.1. The second-order valence-corrected chi connectivity index (χ2v) is 7.63. The predicted octanol–water partition coefficient (Wildman–Crippen LogP) is 3.46. The molecule has 0 aliphatic rings. The van der Waals surface area contributed by atoms with Crippen LogP contribution in [0.25, 0.3) is 10.8 Å². The lowest BCUT2D eigenvalue weighted by molar-refractivity contribution is 0.0589. The summed E-state index contributed by atoms with van der Waals surface area (Å²) in [6.45, 7) is 5.36. The molecule has 0 bridgehead atoms. The molecule has 2 rings (SSSR count). The van der Waals surface area contributed by atoms with Gasteiger partial charge in [-0.2, -0.15) is 8.42 Å². The van der Waals surface area contributed by atoms with Crippen molar-refractivity contribution in [3.8, 4) is 0 Å². The van der Waals surface area contributed by atoms with Crippen LogP contribution in [0.15, 0.2) is 41.3 Å². The van der Waals surface area contributed by atoms with Crippen molar-refractivity contribution in [2.24, 2.45) is 0 Å². The van der Waals surface area contributed by atoms with E-state index in [1.165, 1.54) is 17.0 Å². The molecular weight excluding hydrogens is 318 g/mol. The number of benzene rings is 2. The van der Waals surface area contributed by atoms with Crippen LogP contribution in [0, 0.1) is 0 Å². The topological polar surface area (TPSA) is 83.9 Å². The van der Waals surface area contributed by atoms with Crippen LogP contribution in [0.5, 0.6) is 0 Å². The third-order valence-corrected chi connectivity index (χ3v) is 4.00. The number of hydrogen-bond donors (Lipinski definition) is 1. The van der Waals surface area contributed by atoms with Crippen LogP contribution in [-0.4, -0.2) is 31.7 Å². The van der Waals surface area contributed by atoms with Gasteiger partial charge < -0.3 is 4.74 Å². The Labute approximate surface area is 135 Å². The number of carbonyl (C=O) groups is 1. The Kier molecular flexibility index (Phi) is 4.37. The van der Waals surface area contributed by atoms with E-state index in [-0.39, 0.29) is 4.90 Å². The quantitative estimate of drug-likeness (QED) is 0.848. The summed E-state index contributed by atoms with van der Waals surface area (Å²) >= 11 is 0. The molecule has 23 heavy (non-hydrogen) atoms. The van der Waals surface area contributed by atoms with Gasteiger partial charge in [0.05, 0.1) is 4.90 Å². The zero-order valence-electron chi connectivity index (χ0n) is 13.4. The summed E-state index contributed by atoms with van der Waals surface area (Å²) in [5, 5.41) is 1.38. The van der Waals surface area contributed by atoms with Crippen LogP contribution < -0.4 is 4.90 Å². The molecule has 0 saturated heterocycles. The molecular formula is C16H19NO5S. The number of rotatable bonds is 2. The van der Waals surface area contributed by atoms with Crippen molar-refractivity contribution in [2.75, 3.05) is 11.9 Å². The van der Waals surface area contributed by atoms with Crippen molar-refractivity contribution in [3.05, 3.63) is 36.4 Å². The lowest BCUT2D eigenvalue weighted by atomic mass is 10.1. The third kappa shape index (κ3) is 4.20. The minimum atomic E-state index is -4.24. The molecule has 1 amide bonds. The number of nitrogens with zero attached hydrogens (tertiary/aromatic N) is 1. The number of amides is 1. The molecule has 0 aliphatic heterocycles. The van der Waals surface area contributed by atoms with Gasteiger partial charge in [-0.15, -0.1) is 0 Å². The minimum Gasteiger partial charge on any atom is -0.443 e. The summed E-state index contributed by atoms with van der Waals surface area (Å²) in [7, 11) is -2.64. The van der Waals surface area contributed by atoms with E-state index >= 15 is 0 Å². The Balaban J connectivity index is 2.36. The van der Waals surface area contributed by atoms with E-state index in [2.05, 4.69) is 0 Å². The summed E-state index contributed by atoms with van der Waals surface area (Å²) in [6, 6.07) is 9.37. The molecule has 6 nitrogen and oxygen atoms in total. The Morgan fingerprint density at radius 1 is 1.09 bits per heavy atom. The molecule has 1 N–H and O–H groups in total. The van der Waals surface area contributed by atoms with Crippen molar-refractivity contribution in [1.29, 1.82) is 0 Å². The Morgan fingerprint density at radius 3 is 2.22 bits per heavy atom. The molecule has 124 valence electrons. The maximum Gasteiger partial charge on any atom is 0.414 e. The van der Waals surface area contributed by atoms with E-state index in [1.807, 2.05) is 0 Å². The second-order valence-electron chi connectivity index (χ2n) is 6.21. The summed E-state index contributed by atoms with van der Waals surface area (Å²) in [4.78, 5) is 13.3. The summed E-state index contributed by atoms with van der Waals surface area (Å²) in [5.41, 5.74) is 0.0263. The van der Waals surface area contributed by atoms with Gasteiger partial charge in [-0.3, -0.25) is 9.45 Å². The van der Waals surface area contributed by atoms with E-state index in [1.54, 1.807) is 52.1 Å². The molecule has 0 unspecified atom stereocenters. The van der Waals surface area contributed by atoms with Gasteiger partial charge in [0.15, 0.2) is 0 Å². The lowest BCUT2D eigenvalue weighted by Crippen LogP contribution is -2.34. The standard InChI is InChI=1S/C16H19NO5S/c1-16(2,3)22-15(18)17(4)13-7-5-12-10-14(23(19,20)21)8-6-11(12)9-13/h5-10H,1-4H3,(H,19,20,21). The smallest absolute Gasteiger partial charge is 0.414 e. The van der Waals surface area contributed by atoms with Gasteiger partial charge in [0, 0.05) is 12.7 Å². The average molecular weight is 337 g/mol. The number of carbonyl (C=O) groups excluding carboxylic acids is 1. The first-order chi connectivity index (χ1) is 10.5. The second kappa shape index (κ2) is 5.82. The van der Waals surface area contributed by atoms with Crippen molar-refractivity contribution in [1.82, 2.24) is 0 Å². The van der Waals surface area contributed by atoms with Crippen LogP contribution in [-0.2, 0) is 14.9 Å². The van der Waals surface area contributed by atoms with Gasteiger partial charge in [0.25, 0.3) is 10.1 Å². The summed E-state index contributed by atoms with van der Waals surface area (Å²) in [6.07, 6.45) is -0.480. The first kappa shape index (κ1) is 17.2. The fourth-order valence-corrected chi connectivity index (χ4v) is 2.53. The third-order valence-electron chi connectivity index (χ3n) is 3.15. The highest BCUT2D eigenvalue weighted by Crippen LogP contribution is 2.25. The molecule has 0 spiro atoms. The largest absolute Gasteiger partial charge is 0.443 e. The van der Waals surface area contributed by atoms with Crippen LogP contribution in [0.3, 0.4) is 0 Å². The number of hydrogen-bond acceptors (Lipinski definition) is 4. The highest BCUT2D eigenvalue weighted by atomic mass is 32.2. The Hall–Kier alpha value is -2.12. The molecule has 0 fully saturated rings. The van der Waals surface area contributed by atoms with E-state index < -0.39 is 21.8 Å². The van der Waals surface area contributed by atoms with Crippen LogP contribution in [0.2, 0.25) is 0 Å². The van der Waals surface area contributed by atoms with E-state index in [0.717, 1.165) is 5.39 Å². The van der Waals surface area contributed by atoms with Gasteiger partial charge in [-0.05, 0) is 55.8 Å². The normalized spacial score (nSPS) is 12.2. The number of fused-ring (bicyclic) bond motifs is 1. The SMILES string of the molecule is CN(C(=O)OC(C)(C)C)c1ccc2cc(S(=O)(=O)O)ccc2c1. The van der Waals surface area contributed by atoms with Gasteiger partial charge >= 0.3 is 6.09 Å². The molecule has 0 heterocycles. The minimum absolute atomic E-state index is 0.168. The van der Waals surface area contributed by atoms with Crippen molar-refractivity contribution in [3.63, 3.8) is 0 Å². The first-order valence-corrected chi connectivity index (χ1v) is 8.39. The van der Waals surface area contributed by atoms with Crippen LogP contribution >= 0.6 is 0 Å². The summed E-state index contributed by atoms with van der Waals surface area (Å²) in [5.74, 6) is 0. The molecule has 0 radical (unpaired) electrons. The van der Waals surface area contributed by atoms with Crippen molar-refractivity contribution >= 4 is 32.7 Å². The zero-order chi connectivity index (χ0) is 17.4. The van der Waals surface area contributed by atoms with Crippen LogP contribution in [0.4, 0.5) is 10.5 Å². The number of anilines is 1. The summed E-state index contributed by atoms with van der Waals surface area (Å²) < 4.78 is 36.7. The molecule has 0 saturated carbocycles. The number of ether oxygens (including phenoxy) is 1. The molecule has 2 aromatic rings. The zero-order valence-corrected chi connectivity index (χ0v) is 14.2. The van der Waals surface area contributed by atoms with Crippen molar-refractivity contribution in [2.45, 2.75) is 31.3 Å². The fraction of sp³-hybridized carbons (Fsp3) is 0.312. The average Bonchev–Trinajstić information content (AvgIpc) is 2.42. The molecule has 0 aliphatic carbocycles. The van der Waals surface area contributed by atoms with Gasteiger partial charge in [-0.1, -0.05) is 12.1 Å². The van der Waals surface area contributed by atoms with Gasteiger partial charge in [-0.25, -0.2) is 4.79 Å². The van der Waals surface area contributed by atoms with E-state index in [9.17, 15) is 13.2 Å². The van der Waals surface area contributed by atoms with Crippen LogP contribution in [0.1, 0.15) is 20.8 Å². The Bertz CT molecular complexity index is 852. The van der Waals surface area contributed by atoms with Crippen molar-refractivity contribution < 1.29 is 22.5 Å². The van der Waals surface area contributed by atoms with E-state index in [0.29, 0.717) is 11.1 Å². The molecule has 0 atom stereocenters. The van der Waals surface area contributed by atoms with E-state index in [4.69, 9.17) is 9.29 Å². The molecule has 7 heteroatoms. The molecule has 0 aromatic heterocycles. The first-order valence-electron chi connectivity index (χ1n) is 6.95. The fourth-order valence-electron chi connectivity index (χ4n) is 2.02.